The zero-order valence-electron chi connectivity index (χ0n) is 11.9. The zero-order valence-corrected chi connectivity index (χ0v) is 12.7. The fourth-order valence-electron chi connectivity index (χ4n) is 1.99. The largest absolute Gasteiger partial charge is 0.474 e. The van der Waals surface area contributed by atoms with Crippen molar-refractivity contribution in [1.82, 2.24) is 4.98 Å². The van der Waals surface area contributed by atoms with Gasteiger partial charge in [-0.25, -0.2) is 9.78 Å². The quantitative estimate of drug-likeness (QED) is 0.723. The number of carbonyl (C=O) groups excluding carboxylic acids is 1. The molecule has 0 bridgehead atoms. The number of fused-ring (bicyclic) bond motifs is 1. The number of aromatic nitrogens is 1. The van der Waals surface area contributed by atoms with Crippen LogP contribution in [0.5, 0.6) is 0 Å². The minimum absolute atomic E-state index is 0.439. The van der Waals surface area contributed by atoms with Crippen molar-refractivity contribution >= 4 is 51.3 Å². The summed E-state index contributed by atoms with van der Waals surface area (Å²) < 4.78 is 1.14. The number of hydrogen-bond acceptors (Lipinski definition) is 4. The summed E-state index contributed by atoms with van der Waals surface area (Å²) in [5.74, 6) is -2.56. The molecule has 5 nitrogen and oxygen atoms in total. The van der Waals surface area contributed by atoms with Crippen LogP contribution >= 0.6 is 11.3 Å². The molecule has 2 aromatic carbocycles. The lowest BCUT2D eigenvalue weighted by atomic mass is 10.2. The van der Waals surface area contributed by atoms with Gasteiger partial charge in [-0.2, -0.15) is 0 Å². The molecule has 0 spiro atoms. The minimum atomic E-state index is -1.51. The third-order valence-electron chi connectivity index (χ3n) is 3.09. The predicted octanol–water partition coefficient (Wildman–Crippen LogP) is 3.49. The first-order valence-corrected chi connectivity index (χ1v) is 7.61. The standard InChI is InChI=1S/C17H12N2O3S/c20-16(17(21)22)18-12-8-5-11(6-9-12)7-10-15-19-13-3-1-2-4-14(13)23-15/h1-10H,(H,18,20)(H,21,22)/b10-7+. The molecule has 3 rings (SSSR count). The molecule has 3 aromatic rings. The number of para-hydroxylation sites is 1. The molecule has 0 aliphatic carbocycles. The summed E-state index contributed by atoms with van der Waals surface area (Å²) in [7, 11) is 0. The van der Waals surface area contributed by atoms with Gasteiger partial charge in [0.2, 0.25) is 0 Å². The van der Waals surface area contributed by atoms with Crippen molar-refractivity contribution in [3.8, 4) is 0 Å². The van der Waals surface area contributed by atoms with E-state index in [9.17, 15) is 9.59 Å². The van der Waals surface area contributed by atoms with Crippen LogP contribution < -0.4 is 5.32 Å². The van der Waals surface area contributed by atoms with Gasteiger partial charge in [0, 0.05) is 5.69 Å². The number of aliphatic carboxylic acids is 1. The van der Waals surface area contributed by atoms with Crippen LogP contribution in [0.25, 0.3) is 22.4 Å². The number of rotatable bonds is 3. The van der Waals surface area contributed by atoms with Crippen molar-refractivity contribution in [3.05, 3.63) is 59.1 Å². The van der Waals surface area contributed by atoms with E-state index in [1.807, 2.05) is 36.4 Å². The Labute approximate surface area is 135 Å². The fraction of sp³-hybridized carbons (Fsp3) is 0. The predicted molar refractivity (Wildman–Crippen MR) is 91.3 cm³/mol. The van der Waals surface area contributed by atoms with Gasteiger partial charge in [0.25, 0.3) is 0 Å². The lowest BCUT2D eigenvalue weighted by Crippen LogP contribution is -2.21. The van der Waals surface area contributed by atoms with Gasteiger partial charge in [-0.05, 0) is 35.9 Å². The highest BCUT2D eigenvalue weighted by atomic mass is 32.1. The van der Waals surface area contributed by atoms with Crippen LogP contribution in [0.15, 0.2) is 48.5 Å². The van der Waals surface area contributed by atoms with E-state index < -0.39 is 11.9 Å². The normalized spacial score (nSPS) is 11.0. The second-order valence-electron chi connectivity index (χ2n) is 4.73. The zero-order chi connectivity index (χ0) is 16.2. The molecule has 1 aromatic heterocycles. The van der Waals surface area contributed by atoms with Crippen molar-refractivity contribution < 1.29 is 14.7 Å². The number of benzene rings is 2. The van der Waals surface area contributed by atoms with E-state index in [2.05, 4.69) is 10.3 Å². The van der Waals surface area contributed by atoms with Crippen LogP contribution in [-0.4, -0.2) is 22.0 Å². The van der Waals surface area contributed by atoms with Crippen LogP contribution in [0, 0.1) is 0 Å². The third kappa shape index (κ3) is 3.61. The summed E-state index contributed by atoms with van der Waals surface area (Å²) in [6, 6.07) is 14.8. The summed E-state index contributed by atoms with van der Waals surface area (Å²) >= 11 is 1.61. The second-order valence-corrected chi connectivity index (χ2v) is 5.80. The average Bonchev–Trinajstić information content (AvgIpc) is 2.97. The van der Waals surface area contributed by atoms with Gasteiger partial charge in [-0.15, -0.1) is 11.3 Å². The van der Waals surface area contributed by atoms with Gasteiger partial charge in [0.05, 0.1) is 10.2 Å². The molecule has 0 aliphatic rings. The number of hydrogen-bond donors (Lipinski definition) is 2. The van der Waals surface area contributed by atoms with Crippen LogP contribution in [0.3, 0.4) is 0 Å². The minimum Gasteiger partial charge on any atom is -0.474 e. The summed E-state index contributed by atoms with van der Waals surface area (Å²) in [6.45, 7) is 0. The van der Waals surface area contributed by atoms with Crippen molar-refractivity contribution in [2.75, 3.05) is 5.32 Å². The highest BCUT2D eigenvalue weighted by Gasteiger charge is 2.10. The van der Waals surface area contributed by atoms with Crippen molar-refractivity contribution in [1.29, 1.82) is 0 Å². The maximum atomic E-state index is 11.1. The monoisotopic (exact) mass is 324 g/mol. The van der Waals surface area contributed by atoms with Crippen LogP contribution in [0.1, 0.15) is 10.6 Å². The van der Waals surface area contributed by atoms with Gasteiger partial charge in [-0.3, -0.25) is 4.79 Å². The first-order valence-electron chi connectivity index (χ1n) is 6.80. The lowest BCUT2D eigenvalue weighted by Gasteiger charge is -2.01. The Kier molecular flexibility index (Phi) is 4.16. The van der Waals surface area contributed by atoms with E-state index in [-0.39, 0.29) is 0 Å². The number of amides is 1. The molecule has 23 heavy (non-hydrogen) atoms. The molecule has 0 unspecified atom stereocenters. The molecule has 0 atom stereocenters. The molecule has 114 valence electrons. The van der Waals surface area contributed by atoms with E-state index in [1.165, 1.54) is 0 Å². The number of nitrogens with zero attached hydrogens (tertiary/aromatic N) is 1. The Balaban J connectivity index is 1.72. The van der Waals surface area contributed by atoms with Gasteiger partial charge in [0.15, 0.2) is 0 Å². The maximum Gasteiger partial charge on any atom is 0.394 e. The fourth-order valence-corrected chi connectivity index (χ4v) is 2.86. The summed E-state index contributed by atoms with van der Waals surface area (Å²) in [5.41, 5.74) is 2.34. The van der Waals surface area contributed by atoms with E-state index in [0.717, 1.165) is 20.8 Å². The average molecular weight is 324 g/mol. The molecule has 0 fully saturated rings. The Morgan fingerprint density at radius 3 is 2.48 bits per heavy atom. The van der Waals surface area contributed by atoms with Crippen LogP contribution in [-0.2, 0) is 9.59 Å². The lowest BCUT2D eigenvalue weighted by molar-refractivity contribution is -0.147. The number of thiazole rings is 1. The van der Waals surface area contributed by atoms with E-state index in [0.29, 0.717) is 5.69 Å². The first-order chi connectivity index (χ1) is 11.1. The molecular weight excluding hydrogens is 312 g/mol. The first kappa shape index (κ1) is 14.9. The number of carboxylic acids is 1. The highest BCUT2D eigenvalue weighted by molar-refractivity contribution is 7.19. The molecule has 0 saturated heterocycles. The van der Waals surface area contributed by atoms with E-state index in [1.54, 1.807) is 35.6 Å². The smallest absolute Gasteiger partial charge is 0.394 e. The van der Waals surface area contributed by atoms with Crippen molar-refractivity contribution in [2.24, 2.45) is 0 Å². The van der Waals surface area contributed by atoms with Crippen molar-refractivity contribution in [3.63, 3.8) is 0 Å². The number of nitrogens with one attached hydrogen (secondary N) is 1. The summed E-state index contributed by atoms with van der Waals surface area (Å²) in [4.78, 5) is 26.1. The third-order valence-corrected chi connectivity index (χ3v) is 4.09. The molecule has 0 radical (unpaired) electrons. The summed E-state index contributed by atoms with van der Waals surface area (Å²) in [5, 5.41) is 11.7. The topological polar surface area (TPSA) is 79.3 Å². The number of anilines is 1. The maximum absolute atomic E-state index is 11.1. The Morgan fingerprint density at radius 2 is 1.78 bits per heavy atom. The molecule has 6 heteroatoms. The van der Waals surface area contributed by atoms with Gasteiger partial charge in [-0.1, -0.05) is 30.3 Å². The Hall–Kier alpha value is -2.99. The number of carbonyl (C=O) groups is 2. The highest BCUT2D eigenvalue weighted by Crippen LogP contribution is 2.23. The molecule has 2 N–H and O–H groups in total. The second kappa shape index (κ2) is 6.41. The molecule has 0 saturated carbocycles. The molecular formula is C17H12N2O3S. The van der Waals surface area contributed by atoms with Gasteiger partial charge < -0.3 is 10.4 Å². The molecule has 1 heterocycles. The Morgan fingerprint density at radius 1 is 1.04 bits per heavy atom. The number of carboxylic acid groups (broad SMARTS) is 1. The van der Waals surface area contributed by atoms with Crippen molar-refractivity contribution in [2.45, 2.75) is 0 Å². The van der Waals surface area contributed by atoms with E-state index in [4.69, 9.17) is 5.11 Å². The van der Waals surface area contributed by atoms with Crippen LogP contribution in [0.2, 0.25) is 0 Å². The Bertz CT molecular complexity index is 865. The van der Waals surface area contributed by atoms with Crippen LogP contribution in [0.4, 0.5) is 5.69 Å². The van der Waals surface area contributed by atoms with E-state index >= 15 is 0 Å². The molecule has 0 aliphatic heterocycles. The SMILES string of the molecule is O=C(O)C(=O)Nc1ccc(/C=C/c2nc3ccccc3s2)cc1. The molecule has 1 amide bonds. The summed E-state index contributed by atoms with van der Waals surface area (Å²) in [6.07, 6.45) is 3.84. The van der Waals surface area contributed by atoms with Gasteiger partial charge >= 0.3 is 11.9 Å². The van der Waals surface area contributed by atoms with Gasteiger partial charge in [0.1, 0.15) is 5.01 Å².